The van der Waals surface area contributed by atoms with E-state index in [1.807, 2.05) is 0 Å². The second-order valence-corrected chi connectivity index (χ2v) is 8.77. The van der Waals surface area contributed by atoms with Crippen molar-refractivity contribution in [2.24, 2.45) is 0 Å². The van der Waals surface area contributed by atoms with Gasteiger partial charge in [0.15, 0.2) is 0 Å². The van der Waals surface area contributed by atoms with Gasteiger partial charge in [-0.3, -0.25) is 14.5 Å². The average Bonchev–Trinajstić information content (AvgIpc) is 3.44. The largest absolute Gasteiger partial charge is 0.478 e. The zero-order valence-corrected chi connectivity index (χ0v) is 19.0. The first-order valence-electron chi connectivity index (χ1n) is 10.2. The van der Waals surface area contributed by atoms with Gasteiger partial charge in [-0.1, -0.05) is 6.07 Å². The topological polar surface area (TPSA) is 110 Å². The number of carbonyl (C=O) groups excluding carboxylic acids is 1. The molecule has 1 amide bonds. The van der Waals surface area contributed by atoms with Crippen LogP contribution in [0.25, 0.3) is 10.6 Å². The van der Waals surface area contributed by atoms with Gasteiger partial charge in [0.05, 0.1) is 29.6 Å². The van der Waals surface area contributed by atoms with Gasteiger partial charge < -0.3 is 10.4 Å². The minimum Gasteiger partial charge on any atom is -0.478 e. The van der Waals surface area contributed by atoms with Gasteiger partial charge >= 0.3 is 12.1 Å². The molecule has 0 aliphatic carbocycles. The Labute approximate surface area is 201 Å². The van der Waals surface area contributed by atoms with E-state index in [9.17, 15) is 22.8 Å². The minimum atomic E-state index is -4.59. The van der Waals surface area contributed by atoms with E-state index in [0.717, 1.165) is 17.0 Å². The zero-order chi connectivity index (χ0) is 25.2. The molecule has 4 aromatic rings. The number of carbonyl (C=O) groups is 2. The van der Waals surface area contributed by atoms with E-state index < -0.39 is 23.6 Å². The molecule has 0 bridgehead atoms. The van der Waals surface area contributed by atoms with Gasteiger partial charge in [0, 0.05) is 29.4 Å². The number of benzene rings is 1. The van der Waals surface area contributed by atoms with Gasteiger partial charge in [0.1, 0.15) is 10.7 Å². The molecule has 35 heavy (non-hydrogen) atoms. The van der Waals surface area contributed by atoms with Crippen LogP contribution in [0.15, 0.2) is 55.0 Å². The van der Waals surface area contributed by atoms with Crippen molar-refractivity contribution in [2.45, 2.75) is 26.2 Å². The van der Waals surface area contributed by atoms with Crippen LogP contribution in [-0.2, 0) is 19.3 Å². The SMILES string of the molecule is Cc1sc(-c2cc(CNC(=O)c3ccccn3)cc(C(F)(F)F)c2)nc1Cn1cc(C(=O)O)cn1. The number of alkyl halides is 3. The lowest BCUT2D eigenvalue weighted by molar-refractivity contribution is -0.137. The molecule has 0 saturated carbocycles. The molecule has 12 heteroatoms. The van der Waals surface area contributed by atoms with Crippen LogP contribution in [0.4, 0.5) is 13.2 Å². The maximum atomic E-state index is 13.6. The molecule has 0 spiro atoms. The fourth-order valence-corrected chi connectivity index (χ4v) is 4.17. The molecule has 0 atom stereocenters. The quantitative estimate of drug-likeness (QED) is 0.388. The molecule has 2 N–H and O–H groups in total. The third kappa shape index (κ3) is 5.72. The fourth-order valence-electron chi connectivity index (χ4n) is 3.26. The van der Waals surface area contributed by atoms with Gasteiger partial charge in [-0.2, -0.15) is 18.3 Å². The summed E-state index contributed by atoms with van der Waals surface area (Å²) in [5, 5.41) is 16.0. The Morgan fingerprint density at radius 3 is 2.66 bits per heavy atom. The predicted molar refractivity (Wildman–Crippen MR) is 121 cm³/mol. The molecular formula is C23H18F3N5O3S. The van der Waals surface area contributed by atoms with E-state index in [0.29, 0.717) is 10.7 Å². The highest BCUT2D eigenvalue weighted by Crippen LogP contribution is 2.35. The Bertz CT molecular complexity index is 1380. The van der Waals surface area contributed by atoms with Gasteiger partial charge in [0.25, 0.3) is 5.91 Å². The number of hydrogen-bond donors (Lipinski definition) is 2. The van der Waals surface area contributed by atoms with Crippen molar-refractivity contribution in [1.29, 1.82) is 0 Å². The summed E-state index contributed by atoms with van der Waals surface area (Å²) < 4.78 is 42.2. The Balaban J connectivity index is 1.60. The number of halogens is 3. The number of nitrogens with zero attached hydrogens (tertiary/aromatic N) is 4. The number of aryl methyl sites for hydroxylation is 1. The van der Waals surface area contributed by atoms with E-state index in [-0.39, 0.29) is 35.5 Å². The summed E-state index contributed by atoms with van der Waals surface area (Å²) in [7, 11) is 0. The van der Waals surface area contributed by atoms with Crippen molar-refractivity contribution in [2.75, 3.05) is 0 Å². The molecule has 0 fully saturated rings. The molecule has 8 nitrogen and oxygen atoms in total. The summed E-state index contributed by atoms with van der Waals surface area (Å²) in [6.45, 7) is 1.82. The molecule has 3 aromatic heterocycles. The highest BCUT2D eigenvalue weighted by molar-refractivity contribution is 7.15. The number of thiazole rings is 1. The van der Waals surface area contributed by atoms with E-state index in [4.69, 9.17) is 5.11 Å². The summed E-state index contributed by atoms with van der Waals surface area (Å²) >= 11 is 1.22. The van der Waals surface area contributed by atoms with Crippen LogP contribution in [0.2, 0.25) is 0 Å². The van der Waals surface area contributed by atoms with Crippen LogP contribution in [0, 0.1) is 6.92 Å². The Morgan fingerprint density at radius 2 is 2.00 bits per heavy atom. The first-order chi connectivity index (χ1) is 16.6. The molecule has 0 aliphatic heterocycles. The van der Waals surface area contributed by atoms with Crippen LogP contribution in [0.5, 0.6) is 0 Å². The molecule has 180 valence electrons. The van der Waals surface area contributed by atoms with E-state index >= 15 is 0 Å². The zero-order valence-electron chi connectivity index (χ0n) is 18.2. The summed E-state index contributed by atoms with van der Waals surface area (Å²) in [6, 6.07) is 8.34. The van der Waals surface area contributed by atoms with E-state index in [2.05, 4.69) is 20.4 Å². The molecule has 4 rings (SSSR count). The third-order valence-electron chi connectivity index (χ3n) is 5.00. The first-order valence-corrected chi connectivity index (χ1v) is 11.0. The molecule has 1 aromatic carbocycles. The molecule has 0 radical (unpaired) electrons. The van der Waals surface area contributed by atoms with Crippen molar-refractivity contribution < 1.29 is 27.9 Å². The summed E-state index contributed by atoms with van der Waals surface area (Å²) in [6.07, 6.45) is -0.574. The van der Waals surface area contributed by atoms with Crippen LogP contribution >= 0.6 is 11.3 Å². The number of aromatic nitrogens is 4. The highest BCUT2D eigenvalue weighted by atomic mass is 32.1. The third-order valence-corrected chi connectivity index (χ3v) is 6.06. The number of carboxylic acid groups (broad SMARTS) is 1. The van der Waals surface area contributed by atoms with Crippen molar-refractivity contribution in [3.63, 3.8) is 0 Å². The maximum Gasteiger partial charge on any atom is 0.416 e. The number of hydrogen-bond acceptors (Lipinski definition) is 6. The number of rotatable bonds is 7. The van der Waals surface area contributed by atoms with Crippen LogP contribution in [0.1, 0.15) is 42.5 Å². The molecule has 3 heterocycles. The normalized spacial score (nSPS) is 11.4. The Kier molecular flexibility index (Phi) is 6.65. The summed E-state index contributed by atoms with van der Waals surface area (Å²) in [4.78, 5) is 32.5. The fraction of sp³-hybridized carbons (Fsp3) is 0.174. The second-order valence-electron chi connectivity index (χ2n) is 7.57. The number of nitrogens with one attached hydrogen (secondary N) is 1. The van der Waals surface area contributed by atoms with Crippen molar-refractivity contribution in [3.8, 4) is 10.6 Å². The van der Waals surface area contributed by atoms with Gasteiger partial charge in [-0.15, -0.1) is 11.3 Å². The minimum absolute atomic E-state index is 0.0216. The van der Waals surface area contributed by atoms with E-state index in [1.165, 1.54) is 40.7 Å². The van der Waals surface area contributed by atoms with Crippen LogP contribution < -0.4 is 5.32 Å². The lowest BCUT2D eigenvalue weighted by Crippen LogP contribution is -2.24. The molecule has 0 aliphatic rings. The van der Waals surface area contributed by atoms with Gasteiger partial charge in [0.2, 0.25) is 0 Å². The predicted octanol–water partition coefficient (Wildman–Crippen LogP) is 4.41. The van der Waals surface area contributed by atoms with Crippen molar-refractivity contribution >= 4 is 23.2 Å². The lowest BCUT2D eigenvalue weighted by atomic mass is 10.1. The van der Waals surface area contributed by atoms with Crippen molar-refractivity contribution in [1.82, 2.24) is 25.1 Å². The Morgan fingerprint density at radius 1 is 1.20 bits per heavy atom. The number of pyridine rings is 1. The Hall–Kier alpha value is -4.06. The smallest absolute Gasteiger partial charge is 0.416 e. The second kappa shape index (κ2) is 9.66. The lowest BCUT2D eigenvalue weighted by Gasteiger charge is -2.12. The van der Waals surface area contributed by atoms with E-state index in [1.54, 1.807) is 25.1 Å². The standard InChI is InChI=1S/C23H18F3N5O3S/c1-13-19(12-31-11-16(10-29-31)22(33)34)30-21(35-13)15-6-14(7-17(8-15)23(24,25)26)9-28-20(32)18-4-2-3-5-27-18/h2-8,10-11H,9,12H2,1H3,(H,28,32)(H,33,34). The summed E-state index contributed by atoms with van der Waals surface area (Å²) in [5.41, 5.74) is 0.398. The average molecular weight is 501 g/mol. The number of carboxylic acids is 1. The molecule has 0 saturated heterocycles. The first kappa shape index (κ1) is 24.1. The molecular weight excluding hydrogens is 483 g/mol. The molecule has 0 unspecified atom stereocenters. The number of aromatic carboxylic acids is 1. The van der Waals surface area contributed by atoms with Gasteiger partial charge in [-0.25, -0.2) is 9.78 Å². The van der Waals surface area contributed by atoms with Crippen molar-refractivity contribution in [3.05, 3.63) is 87.9 Å². The summed E-state index contributed by atoms with van der Waals surface area (Å²) in [5.74, 6) is -1.62. The number of amides is 1. The maximum absolute atomic E-state index is 13.6. The van der Waals surface area contributed by atoms with Crippen LogP contribution in [-0.4, -0.2) is 36.7 Å². The monoisotopic (exact) mass is 501 g/mol. The van der Waals surface area contributed by atoms with Crippen LogP contribution in [0.3, 0.4) is 0 Å². The van der Waals surface area contributed by atoms with Gasteiger partial charge in [-0.05, 0) is 42.8 Å². The highest BCUT2D eigenvalue weighted by Gasteiger charge is 2.31.